The molecule has 0 bridgehead atoms. The summed E-state index contributed by atoms with van der Waals surface area (Å²) in [5, 5.41) is 12.6. The van der Waals surface area contributed by atoms with Crippen LogP contribution in [0.5, 0.6) is 0 Å². The molecule has 2 unspecified atom stereocenters. The highest BCUT2D eigenvalue weighted by Crippen LogP contribution is 2.23. The summed E-state index contributed by atoms with van der Waals surface area (Å²) in [5.41, 5.74) is 10.2. The number of benzene rings is 2. The Balaban J connectivity index is 1.54. The van der Waals surface area contributed by atoms with Crippen LogP contribution in [-0.2, 0) is 11.2 Å². The molecule has 0 fully saturated rings. The lowest BCUT2D eigenvalue weighted by atomic mass is 10.0. The van der Waals surface area contributed by atoms with Crippen molar-refractivity contribution >= 4 is 11.7 Å². The van der Waals surface area contributed by atoms with E-state index < -0.39 is 5.97 Å². The highest BCUT2D eigenvalue weighted by atomic mass is 16.4. The van der Waals surface area contributed by atoms with E-state index in [1.165, 1.54) is 5.56 Å². The number of carbonyl (C=O) groups is 1. The van der Waals surface area contributed by atoms with Crippen LogP contribution < -0.4 is 11.1 Å². The fourth-order valence-corrected chi connectivity index (χ4v) is 3.35. The van der Waals surface area contributed by atoms with Crippen LogP contribution in [0.3, 0.4) is 0 Å². The molecule has 1 heterocycles. The summed E-state index contributed by atoms with van der Waals surface area (Å²) in [6.07, 6.45) is 4.60. The average molecular weight is 389 g/mol. The standard InChI is InChI=1S/C24H27N3O2/c25-21(22-11-4-5-16-26-22)10-6-7-18-12-14-20(15-13-18)27-23(17-24(28)29)19-8-2-1-3-9-19/h1-5,8-9,11-16,21,23,27H,6-7,10,17,25H2,(H,28,29). The van der Waals surface area contributed by atoms with E-state index in [0.717, 1.165) is 36.2 Å². The van der Waals surface area contributed by atoms with Crippen molar-refractivity contribution in [1.29, 1.82) is 0 Å². The van der Waals surface area contributed by atoms with E-state index in [1.54, 1.807) is 6.20 Å². The molecule has 2 aromatic carbocycles. The first-order chi connectivity index (χ1) is 14.1. The Labute approximate surface area is 171 Å². The average Bonchev–Trinajstić information content (AvgIpc) is 2.75. The third-order valence-electron chi connectivity index (χ3n) is 4.92. The van der Waals surface area contributed by atoms with E-state index in [-0.39, 0.29) is 18.5 Å². The van der Waals surface area contributed by atoms with Gasteiger partial charge in [0.05, 0.1) is 18.2 Å². The van der Waals surface area contributed by atoms with Crippen LogP contribution in [-0.4, -0.2) is 16.1 Å². The Morgan fingerprint density at radius 3 is 2.38 bits per heavy atom. The van der Waals surface area contributed by atoms with Gasteiger partial charge in [-0.1, -0.05) is 48.5 Å². The van der Waals surface area contributed by atoms with E-state index in [2.05, 4.69) is 22.4 Å². The lowest BCUT2D eigenvalue weighted by Gasteiger charge is -2.19. The summed E-state index contributed by atoms with van der Waals surface area (Å²) in [5.74, 6) is -0.827. The molecule has 1 aromatic heterocycles. The number of aromatic nitrogens is 1. The van der Waals surface area contributed by atoms with Crippen molar-refractivity contribution in [3.63, 3.8) is 0 Å². The molecule has 0 aliphatic rings. The highest BCUT2D eigenvalue weighted by molar-refractivity contribution is 5.69. The van der Waals surface area contributed by atoms with Crippen LogP contribution >= 0.6 is 0 Å². The Bertz CT molecular complexity index is 883. The Kier molecular flexibility index (Phi) is 7.36. The fraction of sp³-hybridized carbons (Fsp3) is 0.250. The maximum atomic E-state index is 11.2. The second-order valence-corrected chi connectivity index (χ2v) is 7.16. The van der Waals surface area contributed by atoms with Crippen LogP contribution in [0.15, 0.2) is 79.0 Å². The smallest absolute Gasteiger partial charge is 0.305 e. The quantitative estimate of drug-likeness (QED) is 0.466. The predicted octanol–water partition coefficient (Wildman–Crippen LogP) is 4.73. The van der Waals surface area contributed by atoms with Crippen molar-refractivity contribution < 1.29 is 9.90 Å². The van der Waals surface area contributed by atoms with Gasteiger partial charge in [-0.15, -0.1) is 0 Å². The molecule has 0 aliphatic carbocycles. The maximum Gasteiger partial charge on any atom is 0.305 e. The maximum absolute atomic E-state index is 11.2. The third kappa shape index (κ3) is 6.43. The number of nitrogens with zero attached hydrogens (tertiary/aromatic N) is 1. The number of rotatable bonds is 10. The molecule has 2 atom stereocenters. The summed E-state index contributed by atoms with van der Waals surface area (Å²) in [4.78, 5) is 15.6. The molecule has 3 rings (SSSR count). The fourth-order valence-electron chi connectivity index (χ4n) is 3.35. The molecule has 0 radical (unpaired) electrons. The monoisotopic (exact) mass is 389 g/mol. The summed E-state index contributed by atoms with van der Waals surface area (Å²) >= 11 is 0. The van der Waals surface area contributed by atoms with Crippen LogP contribution in [0.1, 0.15) is 48.2 Å². The Morgan fingerprint density at radius 1 is 1.00 bits per heavy atom. The zero-order valence-electron chi connectivity index (χ0n) is 16.4. The molecule has 3 aromatic rings. The van der Waals surface area contributed by atoms with Gasteiger partial charge in [0.2, 0.25) is 0 Å². The molecule has 0 spiro atoms. The number of nitrogens with one attached hydrogen (secondary N) is 1. The van der Waals surface area contributed by atoms with E-state index in [0.29, 0.717) is 0 Å². The van der Waals surface area contributed by atoms with Gasteiger partial charge in [0.1, 0.15) is 0 Å². The number of aryl methyl sites for hydroxylation is 1. The molecule has 0 saturated carbocycles. The van der Waals surface area contributed by atoms with Gasteiger partial charge in [0, 0.05) is 17.9 Å². The molecule has 0 amide bonds. The van der Waals surface area contributed by atoms with E-state index in [4.69, 9.17) is 5.73 Å². The summed E-state index contributed by atoms with van der Waals surface area (Å²) in [6, 6.07) is 23.3. The molecular weight excluding hydrogens is 362 g/mol. The Morgan fingerprint density at radius 2 is 1.72 bits per heavy atom. The number of nitrogens with two attached hydrogens (primary N) is 1. The first kappa shape index (κ1) is 20.6. The number of carboxylic acid groups (broad SMARTS) is 1. The minimum atomic E-state index is -0.827. The van der Waals surface area contributed by atoms with Crippen molar-refractivity contribution in [2.45, 2.75) is 37.8 Å². The summed E-state index contributed by atoms with van der Waals surface area (Å²) in [6.45, 7) is 0. The van der Waals surface area contributed by atoms with Gasteiger partial charge in [-0.05, 0) is 54.7 Å². The van der Waals surface area contributed by atoms with Crippen LogP contribution in [0, 0.1) is 0 Å². The van der Waals surface area contributed by atoms with Gasteiger partial charge in [0.15, 0.2) is 0 Å². The van der Waals surface area contributed by atoms with E-state index in [9.17, 15) is 9.90 Å². The first-order valence-corrected chi connectivity index (χ1v) is 9.90. The SMILES string of the molecule is NC(CCCc1ccc(NC(CC(=O)O)c2ccccc2)cc1)c1ccccn1. The van der Waals surface area contributed by atoms with Gasteiger partial charge in [-0.2, -0.15) is 0 Å². The zero-order chi connectivity index (χ0) is 20.5. The number of hydrogen-bond acceptors (Lipinski definition) is 4. The van der Waals surface area contributed by atoms with Crippen LogP contribution in [0.2, 0.25) is 0 Å². The normalized spacial score (nSPS) is 12.9. The lowest BCUT2D eigenvalue weighted by Crippen LogP contribution is -2.15. The number of carboxylic acids is 1. The van der Waals surface area contributed by atoms with Crippen molar-refractivity contribution in [3.05, 3.63) is 95.8 Å². The highest BCUT2D eigenvalue weighted by Gasteiger charge is 2.15. The number of anilines is 1. The molecular formula is C24H27N3O2. The number of pyridine rings is 1. The minimum Gasteiger partial charge on any atom is -0.481 e. The topological polar surface area (TPSA) is 88.2 Å². The van der Waals surface area contributed by atoms with E-state index in [1.807, 2.05) is 60.7 Å². The van der Waals surface area contributed by atoms with Crippen molar-refractivity contribution in [1.82, 2.24) is 4.98 Å². The van der Waals surface area contributed by atoms with Crippen molar-refractivity contribution in [2.75, 3.05) is 5.32 Å². The van der Waals surface area contributed by atoms with Gasteiger partial charge in [0.25, 0.3) is 0 Å². The van der Waals surface area contributed by atoms with Crippen LogP contribution in [0.25, 0.3) is 0 Å². The molecule has 5 nitrogen and oxygen atoms in total. The van der Waals surface area contributed by atoms with Crippen LogP contribution in [0.4, 0.5) is 5.69 Å². The number of aliphatic carboxylic acids is 1. The second-order valence-electron chi connectivity index (χ2n) is 7.16. The summed E-state index contributed by atoms with van der Waals surface area (Å²) in [7, 11) is 0. The van der Waals surface area contributed by atoms with Crippen molar-refractivity contribution in [3.8, 4) is 0 Å². The largest absolute Gasteiger partial charge is 0.481 e. The minimum absolute atomic E-state index is 0.0250. The van der Waals surface area contributed by atoms with Gasteiger partial charge < -0.3 is 16.2 Å². The third-order valence-corrected chi connectivity index (χ3v) is 4.92. The number of hydrogen-bond donors (Lipinski definition) is 3. The molecule has 5 heteroatoms. The van der Waals surface area contributed by atoms with E-state index >= 15 is 0 Å². The lowest BCUT2D eigenvalue weighted by molar-refractivity contribution is -0.137. The molecule has 0 saturated heterocycles. The second kappa shape index (κ2) is 10.4. The van der Waals surface area contributed by atoms with Crippen molar-refractivity contribution in [2.24, 2.45) is 5.73 Å². The van der Waals surface area contributed by atoms with Gasteiger partial charge >= 0.3 is 5.97 Å². The molecule has 150 valence electrons. The molecule has 29 heavy (non-hydrogen) atoms. The first-order valence-electron chi connectivity index (χ1n) is 9.90. The summed E-state index contributed by atoms with van der Waals surface area (Å²) < 4.78 is 0. The van der Waals surface area contributed by atoms with Gasteiger partial charge in [-0.25, -0.2) is 0 Å². The zero-order valence-corrected chi connectivity index (χ0v) is 16.4. The van der Waals surface area contributed by atoms with Gasteiger partial charge in [-0.3, -0.25) is 9.78 Å². The molecule has 0 aliphatic heterocycles. The predicted molar refractivity (Wildman–Crippen MR) is 116 cm³/mol. The molecule has 4 N–H and O–H groups in total. The Hall–Kier alpha value is -3.18.